The molecule has 146 valence electrons. The highest BCUT2D eigenvalue weighted by Gasteiger charge is 2.32. The molecule has 4 N–H and O–H groups in total. The second-order valence-electron chi connectivity index (χ2n) is 7.66. The van der Waals surface area contributed by atoms with Crippen LogP contribution in [0, 0.1) is 18.8 Å². The maximum Gasteiger partial charge on any atom is 0.241 e. The summed E-state index contributed by atoms with van der Waals surface area (Å²) >= 11 is 0. The summed E-state index contributed by atoms with van der Waals surface area (Å²) in [5.74, 6) is 0.187. The molecule has 7 heteroatoms. The first-order valence-corrected chi connectivity index (χ1v) is 10.8. The molecule has 3 atom stereocenters. The molecule has 1 aliphatic rings. The predicted molar refractivity (Wildman–Crippen MR) is 103 cm³/mol. The van der Waals surface area contributed by atoms with Gasteiger partial charge in [-0.15, -0.1) is 0 Å². The van der Waals surface area contributed by atoms with Crippen LogP contribution >= 0.6 is 0 Å². The molecule has 0 spiro atoms. The third-order valence-corrected chi connectivity index (χ3v) is 6.43. The zero-order chi connectivity index (χ0) is 19.3. The minimum atomic E-state index is -3.76. The molecule has 0 aliphatic heterocycles. The van der Waals surface area contributed by atoms with Crippen LogP contribution in [-0.4, -0.2) is 33.0 Å². The number of benzene rings is 1. The summed E-state index contributed by atoms with van der Waals surface area (Å²) in [6.45, 7) is 6.38. The Kier molecular flexibility index (Phi) is 7.20. The molecule has 0 radical (unpaired) electrons. The average molecular weight is 382 g/mol. The van der Waals surface area contributed by atoms with Crippen LogP contribution in [0.15, 0.2) is 29.2 Å². The third-order valence-electron chi connectivity index (χ3n) is 4.94. The first kappa shape index (κ1) is 20.9. The summed E-state index contributed by atoms with van der Waals surface area (Å²) in [4.78, 5) is 13.0. The van der Waals surface area contributed by atoms with Crippen molar-refractivity contribution in [1.82, 2.24) is 10.0 Å². The Morgan fingerprint density at radius 1 is 1.23 bits per heavy atom. The van der Waals surface area contributed by atoms with Crippen molar-refractivity contribution in [1.29, 1.82) is 0 Å². The van der Waals surface area contributed by atoms with Gasteiger partial charge in [0.15, 0.2) is 0 Å². The maximum absolute atomic E-state index is 12.8. The van der Waals surface area contributed by atoms with Gasteiger partial charge in [-0.1, -0.05) is 38.0 Å². The second-order valence-corrected chi connectivity index (χ2v) is 9.37. The number of amides is 1. The summed E-state index contributed by atoms with van der Waals surface area (Å²) in [6.07, 6.45) is 3.38. The van der Waals surface area contributed by atoms with Crippen LogP contribution < -0.4 is 15.8 Å². The van der Waals surface area contributed by atoms with Crippen LogP contribution in [0.3, 0.4) is 0 Å². The van der Waals surface area contributed by atoms with E-state index < -0.39 is 16.1 Å². The Bertz CT molecular complexity index is 701. The monoisotopic (exact) mass is 381 g/mol. The second kappa shape index (κ2) is 8.97. The summed E-state index contributed by atoms with van der Waals surface area (Å²) in [7, 11) is -3.76. The number of carbonyl (C=O) groups excluding carboxylic acids is 1. The van der Waals surface area contributed by atoms with Crippen molar-refractivity contribution in [2.24, 2.45) is 17.6 Å². The molecule has 1 aromatic carbocycles. The van der Waals surface area contributed by atoms with Crippen molar-refractivity contribution >= 4 is 15.9 Å². The Morgan fingerprint density at radius 2 is 1.88 bits per heavy atom. The minimum absolute atomic E-state index is 0.0334. The molecule has 0 aromatic heterocycles. The summed E-state index contributed by atoms with van der Waals surface area (Å²) in [5.41, 5.74) is 6.76. The Balaban J connectivity index is 2.13. The molecule has 0 bridgehead atoms. The quantitative estimate of drug-likeness (QED) is 0.640. The number of nitrogens with two attached hydrogens (primary N) is 1. The van der Waals surface area contributed by atoms with Crippen molar-refractivity contribution in [2.75, 3.05) is 6.54 Å². The number of aryl methyl sites for hydroxylation is 1. The summed E-state index contributed by atoms with van der Waals surface area (Å²) in [5, 5.41) is 3.02. The SMILES string of the molecule is Cc1ccc(S(=O)(=O)NC(CC(C)C)C(=O)NC2CCCC2CN)cc1. The summed E-state index contributed by atoms with van der Waals surface area (Å²) < 4.78 is 28.0. The van der Waals surface area contributed by atoms with E-state index >= 15 is 0 Å². The zero-order valence-corrected chi connectivity index (χ0v) is 16.7. The van der Waals surface area contributed by atoms with Gasteiger partial charge >= 0.3 is 0 Å². The molecular formula is C19H31N3O3S. The molecule has 26 heavy (non-hydrogen) atoms. The van der Waals surface area contributed by atoms with Gasteiger partial charge in [-0.05, 0) is 56.7 Å². The number of carbonyl (C=O) groups is 1. The van der Waals surface area contributed by atoms with Gasteiger partial charge in [0, 0.05) is 6.04 Å². The lowest BCUT2D eigenvalue weighted by Gasteiger charge is -2.25. The fourth-order valence-electron chi connectivity index (χ4n) is 3.45. The van der Waals surface area contributed by atoms with Crippen molar-refractivity contribution in [2.45, 2.75) is 63.4 Å². The molecular weight excluding hydrogens is 350 g/mol. The lowest BCUT2D eigenvalue weighted by atomic mass is 10.0. The highest BCUT2D eigenvalue weighted by Crippen LogP contribution is 2.25. The number of sulfonamides is 1. The smallest absolute Gasteiger partial charge is 0.241 e. The molecule has 1 aliphatic carbocycles. The van der Waals surface area contributed by atoms with Crippen molar-refractivity contribution < 1.29 is 13.2 Å². The van der Waals surface area contributed by atoms with Gasteiger partial charge in [0.2, 0.25) is 15.9 Å². The predicted octanol–water partition coefficient (Wildman–Crippen LogP) is 1.93. The van der Waals surface area contributed by atoms with E-state index in [1.807, 2.05) is 20.8 Å². The van der Waals surface area contributed by atoms with Crippen LogP contribution in [-0.2, 0) is 14.8 Å². The lowest BCUT2D eigenvalue weighted by molar-refractivity contribution is -0.124. The van der Waals surface area contributed by atoms with E-state index in [9.17, 15) is 13.2 Å². The van der Waals surface area contributed by atoms with E-state index in [2.05, 4.69) is 10.0 Å². The third kappa shape index (κ3) is 5.53. The molecule has 0 saturated heterocycles. The Hall–Kier alpha value is -1.44. The van der Waals surface area contributed by atoms with Crippen LogP contribution in [0.2, 0.25) is 0 Å². The number of nitrogens with one attached hydrogen (secondary N) is 2. The molecule has 6 nitrogen and oxygen atoms in total. The van der Waals surface area contributed by atoms with E-state index in [1.165, 1.54) is 0 Å². The van der Waals surface area contributed by atoms with E-state index in [-0.39, 0.29) is 28.7 Å². The molecule has 2 rings (SSSR count). The first-order chi connectivity index (χ1) is 12.2. The van der Waals surface area contributed by atoms with Crippen LogP contribution in [0.4, 0.5) is 0 Å². The minimum Gasteiger partial charge on any atom is -0.352 e. The number of hydrogen-bond acceptors (Lipinski definition) is 4. The van der Waals surface area contributed by atoms with Crippen molar-refractivity contribution in [3.63, 3.8) is 0 Å². The van der Waals surface area contributed by atoms with E-state index in [0.29, 0.717) is 13.0 Å². The maximum atomic E-state index is 12.8. The average Bonchev–Trinajstić information content (AvgIpc) is 3.01. The van der Waals surface area contributed by atoms with Gasteiger partial charge in [0.1, 0.15) is 6.04 Å². The Labute approximate surface area is 157 Å². The fraction of sp³-hybridized carbons (Fsp3) is 0.632. The highest BCUT2D eigenvalue weighted by molar-refractivity contribution is 7.89. The molecule has 1 amide bonds. The molecule has 0 heterocycles. The van der Waals surface area contributed by atoms with Gasteiger partial charge in [0.05, 0.1) is 4.90 Å². The van der Waals surface area contributed by atoms with Gasteiger partial charge in [-0.2, -0.15) is 4.72 Å². The first-order valence-electron chi connectivity index (χ1n) is 9.32. The van der Waals surface area contributed by atoms with Gasteiger partial charge in [-0.25, -0.2) is 8.42 Å². The van der Waals surface area contributed by atoms with E-state index in [4.69, 9.17) is 5.73 Å². The van der Waals surface area contributed by atoms with Crippen LogP contribution in [0.1, 0.15) is 45.1 Å². The van der Waals surface area contributed by atoms with Gasteiger partial charge in [0.25, 0.3) is 0 Å². The van der Waals surface area contributed by atoms with Gasteiger partial charge in [-0.3, -0.25) is 4.79 Å². The van der Waals surface area contributed by atoms with Crippen LogP contribution in [0.5, 0.6) is 0 Å². The van der Waals surface area contributed by atoms with Gasteiger partial charge < -0.3 is 11.1 Å². The number of hydrogen-bond donors (Lipinski definition) is 3. The van der Waals surface area contributed by atoms with Crippen molar-refractivity contribution in [3.05, 3.63) is 29.8 Å². The molecule has 1 aromatic rings. The molecule has 1 fully saturated rings. The highest BCUT2D eigenvalue weighted by atomic mass is 32.2. The van der Waals surface area contributed by atoms with E-state index in [1.54, 1.807) is 24.3 Å². The van der Waals surface area contributed by atoms with Crippen LogP contribution in [0.25, 0.3) is 0 Å². The Morgan fingerprint density at radius 3 is 2.46 bits per heavy atom. The van der Waals surface area contributed by atoms with E-state index in [0.717, 1.165) is 24.8 Å². The summed E-state index contributed by atoms with van der Waals surface area (Å²) in [6, 6.07) is 5.85. The lowest BCUT2D eigenvalue weighted by Crippen LogP contribution is -2.51. The largest absolute Gasteiger partial charge is 0.352 e. The topological polar surface area (TPSA) is 101 Å². The zero-order valence-electron chi connectivity index (χ0n) is 15.9. The molecule has 3 unspecified atom stereocenters. The fourth-order valence-corrected chi connectivity index (χ4v) is 4.65. The number of rotatable bonds is 8. The standard InChI is InChI=1S/C19H31N3O3S/c1-13(2)11-18(19(23)21-17-6-4-5-15(17)12-20)22-26(24,25)16-9-7-14(3)8-10-16/h7-10,13,15,17-18,22H,4-6,11-12,20H2,1-3H3,(H,21,23). The molecule has 1 saturated carbocycles. The van der Waals surface area contributed by atoms with Crippen molar-refractivity contribution in [3.8, 4) is 0 Å². The normalized spacial score (nSPS) is 21.7.